The molecule has 1 atom stereocenters. The molecule has 2 aliphatic heterocycles. The summed E-state index contributed by atoms with van der Waals surface area (Å²) in [6, 6.07) is 6.35. The van der Waals surface area contributed by atoms with Gasteiger partial charge in [0, 0.05) is 23.2 Å². The molecule has 3 aromatic rings. The number of halogens is 1. The first-order valence-corrected chi connectivity index (χ1v) is 13.3. The molecule has 2 aliphatic rings. The van der Waals surface area contributed by atoms with Crippen molar-refractivity contribution < 1.29 is 17.6 Å². The topological polar surface area (TPSA) is 122 Å². The highest BCUT2D eigenvalue weighted by Gasteiger charge is 2.27. The van der Waals surface area contributed by atoms with Gasteiger partial charge in [-0.05, 0) is 55.7 Å². The second-order valence-corrected chi connectivity index (χ2v) is 11.8. The molecule has 0 spiro atoms. The van der Waals surface area contributed by atoms with Crippen LogP contribution in [-0.2, 0) is 16.4 Å². The van der Waals surface area contributed by atoms with Crippen LogP contribution in [0.15, 0.2) is 45.4 Å². The average Bonchev–Trinajstić information content (AvgIpc) is 3.42. The number of benzene rings is 2. The Kier molecular flexibility index (Phi) is 5.80. The molecule has 5 rings (SSSR count). The first-order valence-electron chi connectivity index (χ1n) is 10.9. The van der Waals surface area contributed by atoms with Gasteiger partial charge in [0.1, 0.15) is 15.9 Å². The standard InChI is InChI=1S/C23H22FN5O4S2/c1-12-3-6-21(34-12)35(32,33)28-23(31)27-15-4-5-20(17(24)10-15)29-13(2)26-19-11-18-14(7-8-25-18)9-16(19)22(29)30/h4-6,9-12,25H,3,7-8H2,1-2H3,(H2,27,28,31). The molecule has 0 aliphatic carbocycles. The largest absolute Gasteiger partial charge is 0.384 e. The first-order chi connectivity index (χ1) is 16.6. The number of urea groups is 1. The molecule has 0 bridgehead atoms. The number of carbonyl (C=O) groups excluding carboxylic acids is 1. The van der Waals surface area contributed by atoms with Crippen LogP contribution in [0.5, 0.6) is 0 Å². The van der Waals surface area contributed by atoms with Crippen LogP contribution in [0.3, 0.4) is 0 Å². The van der Waals surface area contributed by atoms with Crippen LogP contribution in [0.1, 0.15) is 24.7 Å². The molecule has 1 aromatic heterocycles. The number of thioether (sulfide) groups is 1. The van der Waals surface area contributed by atoms with Crippen molar-refractivity contribution in [1.29, 1.82) is 0 Å². The number of nitrogens with one attached hydrogen (secondary N) is 3. The van der Waals surface area contributed by atoms with E-state index in [1.54, 1.807) is 19.1 Å². The predicted octanol–water partition coefficient (Wildman–Crippen LogP) is 3.62. The molecule has 2 amide bonds. The number of carbonyl (C=O) groups is 1. The molecular weight excluding hydrogens is 493 g/mol. The zero-order valence-corrected chi connectivity index (χ0v) is 20.5. The normalized spacial score (nSPS) is 17.1. The Morgan fingerprint density at radius 1 is 1.29 bits per heavy atom. The van der Waals surface area contributed by atoms with Gasteiger partial charge in [0.25, 0.3) is 15.6 Å². The number of aryl methyl sites for hydroxylation is 1. The van der Waals surface area contributed by atoms with Gasteiger partial charge in [0.2, 0.25) is 0 Å². The lowest BCUT2D eigenvalue weighted by Gasteiger charge is -2.14. The van der Waals surface area contributed by atoms with Gasteiger partial charge in [-0.3, -0.25) is 9.36 Å². The summed E-state index contributed by atoms with van der Waals surface area (Å²) in [5.41, 5.74) is 2.08. The molecule has 0 radical (unpaired) electrons. The second-order valence-electron chi connectivity index (χ2n) is 8.42. The molecule has 9 nitrogen and oxygen atoms in total. The van der Waals surface area contributed by atoms with Gasteiger partial charge in [-0.1, -0.05) is 13.0 Å². The minimum absolute atomic E-state index is 0.0272. The van der Waals surface area contributed by atoms with Gasteiger partial charge in [-0.2, -0.15) is 0 Å². The van der Waals surface area contributed by atoms with Crippen LogP contribution < -0.4 is 20.9 Å². The Labute approximate surface area is 204 Å². The van der Waals surface area contributed by atoms with Crippen molar-refractivity contribution in [1.82, 2.24) is 14.3 Å². The van der Waals surface area contributed by atoms with E-state index in [0.29, 0.717) is 23.1 Å². The summed E-state index contributed by atoms with van der Waals surface area (Å²) in [6.45, 7) is 4.28. The minimum Gasteiger partial charge on any atom is -0.384 e. The number of allylic oxidation sites excluding steroid dienone is 1. The molecule has 182 valence electrons. The highest BCUT2D eigenvalue weighted by atomic mass is 32.3. The smallest absolute Gasteiger partial charge is 0.333 e. The molecule has 2 aromatic carbocycles. The van der Waals surface area contributed by atoms with E-state index in [1.165, 1.54) is 16.7 Å². The number of sulfonamides is 1. The SMILES string of the molecule is Cc1nc2cc3c(cc2c(=O)n1-c1ccc(NC(=O)NS(=O)(=O)C2=CCC(C)S2)cc1F)CCN3. The molecule has 0 saturated heterocycles. The van der Waals surface area contributed by atoms with E-state index in [1.807, 2.05) is 17.7 Å². The summed E-state index contributed by atoms with van der Waals surface area (Å²) < 4.78 is 43.0. The maximum Gasteiger partial charge on any atom is 0.333 e. The van der Waals surface area contributed by atoms with Gasteiger partial charge in [-0.25, -0.2) is 27.3 Å². The predicted molar refractivity (Wildman–Crippen MR) is 135 cm³/mol. The second kappa shape index (κ2) is 8.68. The van der Waals surface area contributed by atoms with E-state index < -0.39 is 27.4 Å². The lowest BCUT2D eigenvalue weighted by molar-refractivity contribution is 0.256. The lowest BCUT2D eigenvalue weighted by atomic mass is 10.1. The van der Waals surface area contributed by atoms with Gasteiger partial charge in [0.05, 0.1) is 16.6 Å². The van der Waals surface area contributed by atoms with Crippen LogP contribution in [0, 0.1) is 12.7 Å². The molecule has 35 heavy (non-hydrogen) atoms. The Morgan fingerprint density at radius 2 is 2.09 bits per heavy atom. The van der Waals surface area contributed by atoms with Gasteiger partial charge in [-0.15, -0.1) is 11.8 Å². The number of rotatable bonds is 4. The van der Waals surface area contributed by atoms with Crippen LogP contribution in [0.2, 0.25) is 0 Å². The number of amides is 2. The van der Waals surface area contributed by atoms with Crippen molar-refractivity contribution >= 4 is 50.1 Å². The third-order valence-electron chi connectivity index (χ3n) is 5.84. The van der Waals surface area contributed by atoms with Crippen LogP contribution in [-0.4, -0.2) is 35.8 Å². The van der Waals surface area contributed by atoms with Crippen molar-refractivity contribution in [3.8, 4) is 5.69 Å². The zero-order chi connectivity index (χ0) is 24.9. The van der Waals surface area contributed by atoms with E-state index >= 15 is 4.39 Å². The number of fused-ring (bicyclic) bond motifs is 2. The fourth-order valence-corrected chi connectivity index (χ4v) is 6.82. The molecule has 0 saturated carbocycles. The van der Waals surface area contributed by atoms with E-state index in [9.17, 15) is 18.0 Å². The number of aromatic nitrogens is 2. The lowest BCUT2D eigenvalue weighted by Crippen LogP contribution is -2.34. The fraction of sp³-hybridized carbons (Fsp3) is 0.261. The third kappa shape index (κ3) is 4.39. The molecule has 12 heteroatoms. The van der Waals surface area contributed by atoms with Crippen molar-refractivity contribution in [3.63, 3.8) is 0 Å². The van der Waals surface area contributed by atoms with E-state index in [-0.39, 0.29) is 20.9 Å². The van der Waals surface area contributed by atoms with Gasteiger partial charge < -0.3 is 10.6 Å². The minimum atomic E-state index is -4.00. The van der Waals surface area contributed by atoms with E-state index in [4.69, 9.17) is 0 Å². The number of hydrogen-bond acceptors (Lipinski definition) is 7. The highest BCUT2D eigenvalue weighted by molar-refractivity contribution is 8.18. The fourth-order valence-electron chi connectivity index (χ4n) is 4.20. The van der Waals surface area contributed by atoms with Gasteiger partial charge >= 0.3 is 6.03 Å². The molecular formula is C23H22FN5O4S2. The summed E-state index contributed by atoms with van der Waals surface area (Å²) in [6.07, 6.45) is 2.94. The first kappa shape index (κ1) is 23.4. The summed E-state index contributed by atoms with van der Waals surface area (Å²) in [5.74, 6) is -0.469. The van der Waals surface area contributed by atoms with Crippen molar-refractivity contribution in [2.24, 2.45) is 0 Å². The van der Waals surface area contributed by atoms with Crippen LogP contribution >= 0.6 is 11.8 Å². The Hall–Kier alpha value is -3.38. The summed E-state index contributed by atoms with van der Waals surface area (Å²) in [4.78, 5) is 30.0. The van der Waals surface area contributed by atoms with Crippen molar-refractivity contribution in [3.05, 3.63) is 68.2 Å². The molecule has 3 heterocycles. The monoisotopic (exact) mass is 515 g/mol. The number of anilines is 2. The molecule has 1 unspecified atom stereocenters. The third-order valence-corrected chi connectivity index (χ3v) is 8.93. The zero-order valence-electron chi connectivity index (χ0n) is 18.9. The van der Waals surface area contributed by atoms with E-state index in [0.717, 1.165) is 42.0 Å². The highest BCUT2D eigenvalue weighted by Crippen LogP contribution is 2.35. The molecule has 0 fully saturated rings. The molecule has 3 N–H and O–H groups in total. The average molecular weight is 516 g/mol. The van der Waals surface area contributed by atoms with Crippen LogP contribution in [0.4, 0.5) is 20.6 Å². The summed E-state index contributed by atoms with van der Waals surface area (Å²) >= 11 is 1.16. The van der Waals surface area contributed by atoms with E-state index in [2.05, 4.69) is 15.6 Å². The number of nitrogens with zero attached hydrogens (tertiary/aromatic N) is 2. The van der Waals surface area contributed by atoms with Crippen LogP contribution in [0.25, 0.3) is 16.6 Å². The number of hydrogen-bond donors (Lipinski definition) is 3. The quantitative estimate of drug-likeness (QED) is 0.485. The van der Waals surface area contributed by atoms with Crippen molar-refractivity contribution in [2.75, 3.05) is 17.2 Å². The summed E-state index contributed by atoms with van der Waals surface area (Å²) in [5, 5.41) is 6.07. The maximum atomic E-state index is 15.1. The Morgan fingerprint density at radius 3 is 2.80 bits per heavy atom. The summed E-state index contributed by atoms with van der Waals surface area (Å²) in [7, 11) is -4.00. The Bertz CT molecular complexity index is 1580. The maximum absolute atomic E-state index is 15.1. The van der Waals surface area contributed by atoms with Gasteiger partial charge in [0.15, 0.2) is 0 Å². The Balaban J connectivity index is 1.41. The van der Waals surface area contributed by atoms with Crippen molar-refractivity contribution in [2.45, 2.75) is 31.9 Å².